The fraction of sp³-hybridized carbons (Fsp3) is 0.120. The fourth-order valence-electron chi connectivity index (χ4n) is 3.28. The standard InChI is InChI=1S/C25H20N2O4/c1-29-25(28)19-7-5-6-18(14-19)22-16-30-23(15-26)24(27-22)17-10-12-21(13-11-17)31-20-8-3-2-4-9-20/h2-8,10-14,16,20,27H,9H2,1H3. The zero-order valence-corrected chi connectivity index (χ0v) is 16.9. The number of ether oxygens (including phenoxy) is 3. The predicted octanol–water partition coefficient (Wildman–Crippen LogP) is 4.55. The van der Waals surface area contributed by atoms with Gasteiger partial charge in [-0.15, -0.1) is 0 Å². The van der Waals surface area contributed by atoms with E-state index < -0.39 is 5.97 Å². The van der Waals surface area contributed by atoms with Crippen LogP contribution in [0.4, 0.5) is 0 Å². The van der Waals surface area contributed by atoms with E-state index in [9.17, 15) is 10.1 Å². The molecular formula is C25H20N2O4. The van der Waals surface area contributed by atoms with Gasteiger partial charge in [-0.2, -0.15) is 5.26 Å². The highest BCUT2D eigenvalue weighted by atomic mass is 16.5. The lowest BCUT2D eigenvalue weighted by Crippen LogP contribution is -2.18. The molecule has 1 atom stereocenters. The average molecular weight is 412 g/mol. The first-order valence-corrected chi connectivity index (χ1v) is 9.75. The predicted molar refractivity (Wildman–Crippen MR) is 116 cm³/mol. The van der Waals surface area contributed by atoms with Gasteiger partial charge in [0.15, 0.2) is 0 Å². The molecule has 1 N–H and O–H groups in total. The molecule has 1 aliphatic carbocycles. The SMILES string of the molecule is COC(=O)c1cccc(C2=COC(C#N)=C(c3ccc(OC4C=CC=CC4)cc3)N2)c1. The average Bonchev–Trinajstić information content (AvgIpc) is 2.84. The molecule has 0 saturated carbocycles. The summed E-state index contributed by atoms with van der Waals surface area (Å²) in [7, 11) is 1.34. The highest BCUT2D eigenvalue weighted by Crippen LogP contribution is 2.28. The van der Waals surface area contributed by atoms with E-state index in [1.54, 1.807) is 18.2 Å². The summed E-state index contributed by atoms with van der Waals surface area (Å²) in [5.41, 5.74) is 3.09. The number of nitrogens with one attached hydrogen (secondary N) is 1. The van der Waals surface area contributed by atoms with Crippen molar-refractivity contribution in [2.24, 2.45) is 0 Å². The molecule has 154 valence electrons. The molecule has 2 aromatic rings. The molecule has 2 aliphatic rings. The van der Waals surface area contributed by atoms with Crippen molar-refractivity contribution in [2.75, 3.05) is 7.11 Å². The molecule has 2 aromatic carbocycles. The Balaban J connectivity index is 1.54. The van der Waals surface area contributed by atoms with Crippen molar-refractivity contribution < 1.29 is 19.0 Å². The number of carbonyl (C=O) groups excluding carboxylic acids is 1. The van der Waals surface area contributed by atoms with Crippen molar-refractivity contribution >= 4 is 17.4 Å². The Kier molecular flexibility index (Phi) is 5.86. The van der Waals surface area contributed by atoms with Crippen molar-refractivity contribution in [2.45, 2.75) is 12.5 Å². The molecule has 0 spiro atoms. The lowest BCUT2D eigenvalue weighted by atomic mass is 10.1. The number of nitriles is 1. The van der Waals surface area contributed by atoms with Gasteiger partial charge in [0.25, 0.3) is 0 Å². The van der Waals surface area contributed by atoms with Crippen LogP contribution < -0.4 is 10.1 Å². The summed E-state index contributed by atoms with van der Waals surface area (Å²) in [4.78, 5) is 11.8. The van der Waals surface area contributed by atoms with E-state index in [0.29, 0.717) is 17.0 Å². The number of hydrogen-bond donors (Lipinski definition) is 1. The Hall–Kier alpha value is -4.24. The molecule has 1 unspecified atom stereocenters. The second-order valence-corrected chi connectivity index (χ2v) is 6.89. The molecule has 6 heteroatoms. The van der Waals surface area contributed by atoms with Crippen molar-refractivity contribution in [3.05, 3.63) is 102 Å². The number of allylic oxidation sites excluding steroid dienone is 3. The summed E-state index contributed by atoms with van der Waals surface area (Å²) in [6.45, 7) is 0. The van der Waals surface area contributed by atoms with Gasteiger partial charge >= 0.3 is 5.97 Å². The maximum Gasteiger partial charge on any atom is 0.337 e. The van der Waals surface area contributed by atoms with Crippen molar-refractivity contribution in [1.82, 2.24) is 5.32 Å². The molecule has 0 radical (unpaired) electrons. The Morgan fingerprint density at radius 2 is 2.00 bits per heavy atom. The van der Waals surface area contributed by atoms with Crippen LogP contribution in [-0.4, -0.2) is 19.2 Å². The van der Waals surface area contributed by atoms with Crippen LogP contribution in [-0.2, 0) is 9.47 Å². The smallest absolute Gasteiger partial charge is 0.337 e. The number of hydrogen-bond acceptors (Lipinski definition) is 6. The van der Waals surface area contributed by atoms with E-state index in [4.69, 9.17) is 14.2 Å². The largest absolute Gasteiger partial charge is 0.486 e. The monoisotopic (exact) mass is 412 g/mol. The number of methoxy groups -OCH3 is 1. The molecule has 0 saturated heterocycles. The molecule has 0 aromatic heterocycles. The number of benzene rings is 2. The Morgan fingerprint density at radius 1 is 1.16 bits per heavy atom. The third-order valence-electron chi connectivity index (χ3n) is 4.85. The summed E-state index contributed by atoms with van der Waals surface area (Å²) in [6.07, 6.45) is 10.3. The summed E-state index contributed by atoms with van der Waals surface area (Å²) >= 11 is 0. The first-order valence-electron chi connectivity index (χ1n) is 9.75. The van der Waals surface area contributed by atoms with E-state index in [2.05, 4.69) is 17.5 Å². The lowest BCUT2D eigenvalue weighted by molar-refractivity contribution is 0.0600. The van der Waals surface area contributed by atoms with Crippen molar-refractivity contribution in [1.29, 1.82) is 5.26 Å². The maximum absolute atomic E-state index is 11.8. The Morgan fingerprint density at radius 3 is 2.71 bits per heavy atom. The van der Waals surface area contributed by atoms with Gasteiger partial charge in [0.1, 0.15) is 29.9 Å². The van der Waals surface area contributed by atoms with Crippen LogP contribution in [0.25, 0.3) is 11.4 Å². The van der Waals surface area contributed by atoms with Crippen LogP contribution in [0.1, 0.15) is 27.9 Å². The third-order valence-corrected chi connectivity index (χ3v) is 4.85. The summed E-state index contributed by atoms with van der Waals surface area (Å²) < 4.78 is 16.3. The van der Waals surface area contributed by atoms with Gasteiger partial charge < -0.3 is 19.5 Å². The van der Waals surface area contributed by atoms with Crippen LogP contribution in [0.15, 0.2) is 84.9 Å². The molecule has 1 aliphatic heterocycles. The molecule has 0 bridgehead atoms. The third kappa shape index (κ3) is 4.51. The number of esters is 1. The number of rotatable bonds is 5. The van der Waals surface area contributed by atoms with Gasteiger partial charge in [-0.05, 0) is 42.5 Å². The summed E-state index contributed by atoms with van der Waals surface area (Å²) in [6, 6.07) is 16.5. The minimum atomic E-state index is -0.424. The van der Waals surface area contributed by atoms with Crippen LogP contribution in [0, 0.1) is 11.3 Å². The Bertz CT molecular complexity index is 1150. The van der Waals surface area contributed by atoms with Crippen molar-refractivity contribution in [3.8, 4) is 11.8 Å². The first kappa shape index (κ1) is 20.0. The van der Waals surface area contributed by atoms with Gasteiger partial charge in [-0.25, -0.2) is 4.79 Å². The van der Waals surface area contributed by atoms with Gasteiger partial charge in [0.05, 0.1) is 18.4 Å². The van der Waals surface area contributed by atoms with E-state index in [-0.39, 0.29) is 11.9 Å². The normalized spacial score (nSPS) is 17.2. The van der Waals surface area contributed by atoms with Gasteiger partial charge in [0, 0.05) is 17.5 Å². The molecule has 1 heterocycles. The quantitative estimate of drug-likeness (QED) is 0.726. The maximum atomic E-state index is 11.8. The highest BCUT2D eigenvalue weighted by Gasteiger charge is 2.19. The molecule has 0 amide bonds. The second-order valence-electron chi connectivity index (χ2n) is 6.89. The minimum Gasteiger partial charge on any atom is -0.486 e. The van der Waals surface area contributed by atoms with Crippen LogP contribution in [0.2, 0.25) is 0 Å². The number of carbonyl (C=O) groups is 1. The zero-order chi connectivity index (χ0) is 21.6. The van der Waals surface area contributed by atoms with E-state index >= 15 is 0 Å². The number of nitrogens with zero attached hydrogens (tertiary/aromatic N) is 1. The van der Waals surface area contributed by atoms with Gasteiger partial charge in [-0.1, -0.05) is 30.4 Å². The van der Waals surface area contributed by atoms with E-state index in [1.165, 1.54) is 13.4 Å². The molecule has 4 rings (SSSR count). The highest BCUT2D eigenvalue weighted by molar-refractivity contribution is 5.91. The molecular weight excluding hydrogens is 392 g/mol. The molecule has 0 fully saturated rings. The summed E-state index contributed by atoms with van der Waals surface area (Å²) in [5.74, 6) is 0.472. The van der Waals surface area contributed by atoms with Gasteiger partial charge in [0.2, 0.25) is 5.76 Å². The first-order chi connectivity index (χ1) is 15.2. The van der Waals surface area contributed by atoms with Gasteiger partial charge in [-0.3, -0.25) is 0 Å². The zero-order valence-electron chi connectivity index (χ0n) is 16.9. The summed E-state index contributed by atoms with van der Waals surface area (Å²) in [5, 5.41) is 12.7. The second kappa shape index (κ2) is 9.06. The molecule has 31 heavy (non-hydrogen) atoms. The fourth-order valence-corrected chi connectivity index (χ4v) is 3.28. The lowest BCUT2D eigenvalue weighted by Gasteiger charge is -2.21. The van der Waals surface area contributed by atoms with Crippen LogP contribution >= 0.6 is 0 Å². The topological polar surface area (TPSA) is 80.6 Å². The molecule has 6 nitrogen and oxygen atoms in total. The van der Waals surface area contributed by atoms with Crippen molar-refractivity contribution in [3.63, 3.8) is 0 Å². The Labute approximate surface area is 180 Å². The van der Waals surface area contributed by atoms with E-state index in [0.717, 1.165) is 23.3 Å². The van der Waals surface area contributed by atoms with Crippen LogP contribution in [0.3, 0.4) is 0 Å². The van der Waals surface area contributed by atoms with Crippen LogP contribution in [0.5, 0.6) is 5.75 Å². The minimum absolute atomic E-state index is 0.0116. The van der Waals surface area contributed by atoms with E-state index in [1.807, 2.05) is 48.6 Å².